The minimum atomic E-state index is -1.61. The molecule has 0 aromatic heterocycles. The SMILES string of the molecule is CC(C)(C)N(N)C(=O)c1cc(F)c(F)c(F)c1. The van der Waals surface area contributed by atoms with Crippen LogP contribution in [0.5, 0.6) is 0 Å². The number of nitrogens with two attached hydrogens (primary N) is 1. The summed E-state index contributed by atoms with van der Waals surface area (Å²) in [4.78, 5) is 11.8. The molecule has 0 heterocycles. The molecule has 0 radical (unpaired) electrons. The fourth-order valence-electron chi connectivity index (χ4n) is 1.12. The Balaban J connectivity index is 3.14. The van der Waals surface area contributed by atoms with E-state index in [2.05, 4.69) is 0 Å². The standard InChI is InChI=1S/C11H13F3N2O/c1-11(2,3)16(15)10(17)6-4-7(12)9(14)8(13)5-6/h4-5H,15H2,1-3H3. The van der Waals surface area contributed by atoms with E-state index >= 15 is 0 Å². The molecule has 0 bridgehead atoms. The Bertz CT molecular complexity index is 432. The predicted octanol–water partition coefficient (Wildman–Crippen LogP) is 2.22. The van der Waals surface area contributed by atoms with E-state index in [9.17, 15) is 18.0 Å². The number of carbonyl (C=O) groups excluding carboxylic acids is 1. The number of nitrogens with zero attached hydrogens (tertiary/aromatic N) is 1. The normalized spacial score (nSPS) is 11.5. The first-order valence-corrected chi connectivity index (χ1v) is 4.88. The molecule has 1 amide bonds. The molecule has 2 N–H and O–H groups in total. The van der Waals surface area contributed by atoms with Crippen LogP contribution in [0, 0.1) is 17.5 Å². The van der Waals surface area contributed by atoms with E-state index in [1.807, 2.05) is 0 Å². The highest BCUT2D eigenvalue weighted by molar-refractivity contribution is 5.94. The average molecular weight is 246 g/mol. The summed E-state index contributed by atoms with van der Waals surface area (Å²) in [6, 6.07) is 1.23. The molecule has 0 spiro atoms. The second-order valence-corrected chi connectivity index (χ2v) is 4.60. The van der Waals surface area contributed by atoms with E-state index in [1.54, 1.807) is 20.8 Å². The molecule has 17 heavy (non-hydrogen) atoms. The summed E-state index contributed by atoms with van der Waals surface area (Å²) in [6.45, 7) is 4.96. The average Bonchev–Trinajstić information content (AvgIpc) is 2.21. The third kappa shape index (κ3) is 2.76. The zero-order valence-electron chi connectivity index (χ0n) is 9.72. The summed E-state index contributed by atoms with van der Waals surface area (Å²) in [5.41, 5.74) is -1.04. The zero-order valence-corrected chi connectivity index (χ0v) is 9.72. The van der Waals surface area contributed by atoms with Crippen LogP contribution in [0.3, 0.4) is 0 Å². The van der Waals surface area contributed by atoms with Gasteiger partial charge in [0.2, 0.25) is 0 Å². The van der Waals surface area contributed by atoms with Gasteiger partial charge in [-0.1, -0.05) is 0 Å². The van der Waals surface area contributed by atoms with Crippen molar-refractivity contribution in [1.29, 1.82) is 0 Å². The Morgan fingerprint density at radius 3 is 1.94 bits per heavy atom. The van der Waals surface area contributed by atoms with E-state index in [1.165, 1.54) is 0 Å². The summed E-state index contributed by atoms with van der Waals surface area (Å²) >= 11 is 0. The quantitative estimate of drug-likeness (QED) is 0.357. The van der Waals surface area contributed by atoms with Gasteiger partial charge in [-0.25, -0.2) is 19.0 Å². The number of benzene rings is 1. The molecule has 0 aliphatic carbocycles. The van der Waals surface area contributed by atoms with Crippen molar-refractivity contribution in [3.63, 3.8) is 0 Å². The van der Waals surface area contributed by atoms with Crippen LogP contribution in [0.25, 0.3) is 0 Å². The van der Waals surface area contributed by atoms with E-state index < -0.39 is 28.9 Å². The van der Waals surface area contributed by atoms with Gasteiger partial charge >= 0.3 is 0 Å². The lowest BCUT2D eigenvalue weighted by Crippen LogP contribution is -2.50. The van der Waals surface area contributed by atoms with E-state index in [4.69, 9.17) is 5.84 Å². The fraction of sp³-hybridized carbons (Fsp3) is 0.364. The molecule has 0 aliphatic heterocycles. The first-order valence-electron chi connectivity index (χ1n) is 4.88. The summed E-state index contributed by atoms with van der Waals surface area (Å²) in [6.07, 6.45) is 0. The molecule has 0 aliphatic rings. The Labute approximate surface area is 97.0 Å². The van der Waals surface area contributed by atoms with Crippen LogP contribution >= 0.6 is 0 Å². The van der Waals surface area contributed by atoms with Crippen molar-refractivity contribution in [2.75, 3.05) is 0 Å². The van der Waals surface area contributed by atoms with Gasteiger partial charge in [0.25, 0.3) is 5.91 Å². The van der Waals surface area contributed by atoms with Crippen LogP contribution in [-0.2, 0) is 0 Å². The molecule has 3 nitrogen and oxygen atoms in total. The third-order valence-electron chi connectivity index (χ3n) is 2.17. The molecule has 6 heteroatoms. The van der Waals surface area contributed by atoms with Crippen LogP contribution in [0.1, 0.15) is 31.1 Å². The van der Waals surface area contributed by atoms with Gasteiger partial charge in [-0.05, 0) is 32.9 Å². The van der Waals surface area contributed by atoms with Gasteiger partial charge in [0.05, 0.1) is 5.54 Å². The van der Waals surface area contributed by atoms with Crippen LogP contribution in [0.15, 0.2) is 12.1 Å². The maximum atomic E-state index is 12.9. The summed E-state index contributed by atoms with van der Waals surface area (Å²) in [7, 11) is 0. The number of hydrazine groups is 1. The number of hydrogen-bond donors (Lipinski definition) is 1. The van der Waals surface area contributed by atoms with Crippen LogP contribution in [-0.4, -0.2) is 16.5 Å². The smallest absolute Gasteiger partial charge is 0.268 e. The van der Waals surface area contributed by atoms with Crippen molar-refractivity contribution in [2.24, 2.45) is 5.84 Å². The van der Waals surface area contributed by atoms with Gasteiger partial charge < -0.3 is 0 Å². The van der Waals surface area contributed by atoms with E-state index in [0.29, 0.717) is 12.1 Å². The molecule has 0 atom stereocenters. The molecule has 0 unspecified atom stereocenters. The molecule has 1 aromatic rings. The Morgan fingerprint density at radius 1 is 1.18 bits per heavy atom. The first kappa shape index (κ1) is 13.5. The van der Waals surface area contributed by atoms with Crippen molar-refractivity contribution >= 4 is 5.91 Å². The number of carbonyl (C=O) groups is 1. The highest BCUT2D eigenvalue weighted by atomic mass is 19.2. The molecular weight excluding hydrogens is 233 g/mol. The van der Waals surface area contributed by atoms with Crippen LogP contribution in [0.2, 0.25) is 0 Å². The number of hydrogen-bond acceptors (Lipinski definition) is 2. The van der Waals surface area contributed by atoms with Crippen molar-refractivity contribution in [1.82, 2.24) is 5.01 Å². The minimum Gasteiger partial charge on any atom is -0.271 e. The lowest BCUT2D eigenvalue weighted by molar-refractivity contribution is 0.0580. The van der Waals surface area contributed by atoms with Gasteiger partial charge in [0, 0.05) is 5.56 Å². The van der Waals surface area contributed by atoms with Crippen molar-refractivity contribution in [3.8, 4) is 0 Å². The fourth-order valence-corrected chi connectivity index (χ4v) is 1.12. The van der Waals surface area contributed by atoms with Crippen LogP contribution < -0.4 is 5.84 Å². The van der Waals surface area contributed by atoms with Gasteiger partial charge in [0.15, 0.2) is 17.5 Å². The second-order valence-electron chi connectivity index (χ2n) is 4.60. The summed E-state index contributed by atoms with van der Waals surface area (Å²) < 4.78 is 38.6. The molecule has 1 rings (SSSR count). The summed E-state index contributed by atoms with van der Waals surface area (Å²) in [5, 5.41) is 0.832. The third-order valence-corrected chi connectivity index (χ3v) is 2.17. The van der Waals surface area contributed by atoms with Crippen molar-refractivity contribution < 1.29 is 18.0 Å². The molecular formula is C11H13F3N2O. The lowest BCUT2D eigenvalue weighted by Gasteiger charge is -2.31. The Kier molecular flexibility index (Phi) is 3.47. The summed E-state index contributed by atoms with van der Waals surface area (Å²) in [5.74, 6) is 0.276. The monoisotopic (exact) mass is 246 g/mol. The highest BCUT2D eigenvalue weighted by Crippen LogP contribution is 2.17. The van der Waals surface area contributed by atoms with Gasteiger partial charge in [0.1, 0.15) is 0 Å². The molecule has 1 aromatic carbocycles. The molecule has 0 fully saturated rings. The second kappa shape index (κ2) is 4.37. The molecule has 0 saturated heterocycles. The van der Waals surface area contributed by atoms with Gasteiger partial charge in [-0.15, -0.1) is 0 Å². The number of amides is 1. The lowest BCUT2D eigenvalue weighted by atomic mass is 10.1. The highest BCUT2D eigenvalue weighted by Gasteiger charge is 2.26. The largest absolute Gasteiger partial charge is 0.271 e. The number of halogens is 3. The van der Waals surface area contributed by atoms with Crippen LogP contribution in [0.4, 0.5) is 13.2 Å². The Hall–Kier alpha value is -1.56. The van der Waals surface area contributed by atoms with E-state index in [0.717, 1.165) is 5.01 Å². The van der Waals surface area contributed by atoms with Crippen molar-refractivity contribution in [2.45, 2.75) is 26.3 Å². The Morgan fingerprint density at radius 2 is 1.59 bits per heavy atom. The zero-order chi connectivity index (χ0) is 13.4. The minimum absolute atomic E-state index is 0.334. The molecule has 94 valence electrons. The van der Waals surface area contributed by atoms with Gasteiger partial charge in [-0.2, -0.15) is 0 Å². The van der Waals surface area contributed by atoms with E-state index in [-0.39, 0.29) is 5.56 Å². The topological polar surface area (TPSA) is 46.3 Å². The predicted molar refractivity (Wildman–Crippen MR) is 56.4 cm³/mol. The molecule has 0 saturated carbocycles. The number of rotatable bonds is 1. The maximum Gasteiger partial charge on any atom is 0.268 e. The first-order chi connectivity index (χ1) is 7.64. The van der Waals surface area contributed by atoms with Crippen molar-refractivity contribution in [3.05, 3.63) is 35.1 Å². The maximum absolute atomic E-state index is 12.9. The van der Waals surface area contributed by atoms with Gasteiger partial charge in [-0.3, -0.25) is 9.80 Å².